The van der Waals surface area contributed by atoms with E-state index >= 15 is 0 Å². The average Bonchev–Trinajstić information content (AvgIpc) is 2.33. The number of nitrogens with zero attached hydrogens (tertiary/aromatic N) is 1. The molecule has 0 unspecified atom stereocenters. The Hall–Kier alpha value is -0.620. The van der Waals surface area contributed by atoms with E-state index in [1.54, 1.807) is 14.2 Å². The Kier molecular flexibility index (Phi) is 5.91. The van der Waals surface area contributed by atoms with Crippen LogP contribution in [0.4, 0.5) is 5.69 Å². The van der Waals surface area contributed by atoms with Gasteiger partial charge in [-0.2, -0.15) is 0 Å². The third-order valence-corrected chi connectivity index (χ3v) is 2.84. The van der Waals surface area contributed by atoms with Crippen LogP contribution < -0.4 is 5.73 Å². The van der Waals surface area contributed by atoms with Gasteiger partial charge in [0.05, 0.1) is 11.6 Å². The first kappa shape index (κ1) is 14.4. The maximum Gasteiger partial charge on any atom is 0.185 e. The van der Waals surface area contributed by atoms with Gasteiger partial charge in [0.15, 0.2) is 6.29 Å². The van der Waals surface area contributed by atoms with Crippen molar-refractivity contribution in [3.8, 4) is 0 Å². The highest BCUT2D eigenvalue weighted by Crippen LogP contribution is 2.31. The fourth-order valence-corrected chi connectivity index (χ4v) is 1.79. The minimum Gasteiger partial charge on any atom is -0.386 e. The van der Waals surface area contributed by atoms with Gasteiger partial charge in [0.2, 0.25) is 0 Å². The van der Waals surface area contributed by atoms with E-state index in [1.807, 2.05) is 18.2 Å². The van der Waals surface area contributed by atoms with Crippen molar-refractivity contribution in [1.82, 2.24) is 0 Å². The highest BCUT2D eigenvalue weighted by molar-refractivity contribution is 9.10. The molecule has 0 amide bonds. The Morgan fingerprint density at radius 3 is 2.65 bits per heavy atom. The number of amidine groups is 1. The van der Waals surface area contributed by atoms with Crippen LogP contribution in [-0.2, 0) is 9.47 Å². The number of halogens is 2. The molecule has 1 aromatic carbocycles. The van der Waals surface area contributed by atoms with Crippen LogP contribution in [0, 0.1) is 0 Å². The lowest BCUT2D eigenvalue weighted by Crippen LogP contribution is -2.13. The van der Waals surface area contributed by atoms with Gasteiger partial charge in [-0.05, 0) is 18.2 Å². The van der Waals surface area contributed by atoms with Crippen molar-refractivity contribution in [2.45, 2.75) is 6.29 Å². The van der Waals surface area contributed by atoms with Gasteiger partial charge in [0, 0.05) is 24.3 Å². The molecule has 4 nitrogen and oxygen atoms in total. The molecule has 1 aromatic rings. The number of rotatable bonds is 5. The molecule has 17 heavy (non-hydrogen) atoms. The third kappa shape index (κ3) is 3.96. The van der Waals surface area contributed by atoms with Gasteiger partial charge in [-0.15, -0.1) is 11.6 Å². The maximum atomic E-state index is 5.62. The van der Waals surface area contributed by atoms with Crippen LogP contribution in [0.15, 0.2) is 27.7 Å². The molecule has 0 heterocycles. The van der Waals surface area contributed by atoms with Crippen LogP contribution in [0.2, 0.25) is 0 Å². The third-order valence-electron chi connectivity index (χ3n) is 2.07. The SMILES string of the molecule is COC(OC)c1cc(Br)ccc1N=C(N)CCl. The average molecular weight is 322 g/mol. The molecule has 0 saturated heterocycles. The van der Waals surface area contributed by atoms with E-state index in [1.165, 1.54) is 0 Å². The normalized spacial score (nSPS) is 12.2. The Labute approximate surface area is 114 Å². The van der Waals surface area contributed by atoms with Crippen molar-refractivity contribution < 1.29 is 9.47 Å². The molecule has 2 N–H and O–H groups in total. The smallest absolute Gasteiger partial charge is 0.185 e. The van der Waals surface area contributed by atoms with E-state index in [0.29, 0.717) is 11.5 Å². The number of ether oxygens (including phenoxy) is 2. The van der Waals surface area contributed by atoms with E-state index in [-0.39, 0.29) is 5.88 Å². The van der Waals surface area contributed by atoms with Gasteiger partial charge in [0.25, 0.3) is 0 Å². The van der Waals surface area contributed by atoms with Crippen molar-refractivity contribution in [3.63, 3.8) is 0 Å². The summed E-state index contributed by atoms with van der Waals surface area (Å²) < 4.78 is 11.3. The van der Waals surface area contributed by atoms with Crippen LogP contribution in [0.1, 0.15) is 11.9 Å². The molecule has 0 fully saturated rings. The van der Waals surface area contributed by atoms with Crippen molar-refractivity contribution in [2.24, 2.45) is 10.7 Å². The predicted octanol–water partition coefficient (Wildman–Crippen LogP) is 2.97. The second-order valence-corrected chi connectivity index (χ2v) is 4.43. The van der Waals surface area contributed by atoms with Crippen molar-refractivity contribution >= 4 is 39.1 Å². The van der Waals surface area contributed by atoms with Crippen molar-refractivity contribution in [1.29, 1.82) is 0 Å². The molecule has 0 radical (unpaired) electrons. The van der Waals surface area contributed by atoms with E-state index < -0.39 is 6.29 Å². The number of hydrogen-bond donors (Lipinski definition) is 1. The summed E-state index contributed by atoms with van der Waals surface area (Å²) in [6, 6.07) is 5.56. The van der Waals surface area contributed by atoms with E-state index in [4.69, 9.17) is 26.8 Å². The molecule has 0 bridgehead atoms. The quantitative estimate of drug-likeness (QED) is 0.392. The standard InChI is InChI=1S/C11H14BrClN2O2/c1-16-11(17-2)8-5-7(12)3-4-9(8)15-10(14)6-13/h3-5,11H,6H2,1-2H3,(H2,14,15). The number of benzene rings is 1. The zero-order valence-corrected chi connectivity index (χ0v) is 12.0. The lowest BCUT2D eigenvalue weighted by atomic mass is 10.1. The number of hydrogen-bond acceptors (Lipinski definition) is 3. The van der Waals surface area contributed by atoms with E-state index in [0.717, 1.165) is 10.0 Å². The van der Waals surface area contributed by atoms with Gasteiger partial charge < -0.3 is 15.2 Å². The minimum atomic E-state index is -0.491. The summed E-state index contributed by atoms with van der Waals surface area (Å²) in [6.07, 6.45) is -0.491. The van der Waals surface area contributed by atoms with Crippen LogP contribution in [0.5, 0.6) is 0 Å². The zero-order chi connectivity index (χ0) is 12.8. The van der Waals surface area contributed by atoms with Crippen LogP contribution in [0.25, 0.3) is 0 Å². The van der Waals surface area contributed by atoms with Crippen LogP contribution in [-0.4, -0.2) is 25.9 Å². The van der Waals surface area contributed by atoms with Crippen molar-refractivity contribution in [3.05, 3.63) is 28.2 Å². The molecule has 0 spiro atoms. The van der Waals surface area contributed by atoms with Gasteiger partial charge in [-0.25, -0.2) is 4.99 Å². The Balaban J connectivity index is 3.20. The highest BCUT2D eigenvalue weighted by Gasteiger charge is 2.14. The largest absolute Gasteiger partial charge is 0.386 e. The molecule has 6 heteroatoms. The molecule has 0 aliphatic carbocycles. The molecule has 0 aliphatic heterocycles. The summed E-state index contributed by atoms with van der Waals surface area (Å²) >= 11 is 8.99. The topological polar surface area (TPSA) is 56.8 Å². The van der Waals surface area contributed by atoms with Crippen molar-refractivity contribution in [2.75, 3.05) is 20.1 Å². The molecular formula is C11H14BrClN2O2. The number of nitrogens with two attached hydrogens (primary N) is 1. The Bertz CT molecular complexity index is 408. The van der Waals surface area contributed by atoms with Gasteiger partial charge in [-0.3, -0.25) is 0 Å². The monoisotopic (exact) mass is 320 g/mol. The minimum absolute atomic E-state index is 0.181. The highest BCUT2D eigenvalue weighted by atomic mass is 79.9. The van der Waals surface area contributed by atoms with Gasteiger partial charge >= 0.3 is 0 Å². The predicted molar refractivity (Wildman–Crippen MR) is 72.9 cm³/mol. The van der Waals surface area contributed by atoms with E-state index in [2.05, 4.69) is 20.9 Å². The van der Waals surface area contributed by atoms with E-state index in [9.17, 15) is 0 Å². The lowest BCUT2D eigenvalue weighted by Gasteiger charge is -2.16. The molecular weight excluding hydrogens is 307 g/mol. The molecule has 0 saturated carbocycles. The zero-order valence-electron chi connectivity index (χ0n) is 9.61. The Morgan fingerprint density at radius 2 is 2.12 bits per heavy atom. The summed E-state index contributed by atoms with van der Waals surface area (Å²) in [6.45, 7) is 0. The molecule has 0 aromatic heterocycles. The lowest BCUT2D eigenvalue weighted by molar-refractivity contribution is -0.105. The number of methoxy groups -OCH3 is 2. The molecule has 0 aliphatic rings. The summed E-state index contributed by atoms with van der Waals surface area (Å²) in [7, 11) is 3.13. The van der Waals surface area contributed by atoms with Crippen LogP contribution in [0.3, 0.4) is 0 Å². The maximum absolute atomic E-state index is 5.62. The summed E-state index contributed by atoms with van der Waals surface area (Å²) in [5.74, 6) is 0.529. The fraction of sp³-hybridized carbons (Fsp3) is 0.364. The number of alkyl halides is 1. The first-order valence-electron chi connectivity index (χ1n) is 4.86. The molecule has 0 atom stereocenters. The molecule has 1 rings (SSSR count). The summed E-state index contributed by atoms with van der Waals surface area (Å²) in [4.78, 5) is 4.22. The number of aliphatic imine (C=N–C) groups is 1. The van der Waals surface area contributed by atoms with Crippen LogP contribution >= 0.6 is 27.5 Å². The first-order valence-corrected chi connectivity index (χ1v) is 6.19. The second-order valence-electron chi connectivity index (χ2n) is 3.24. The Morgan fingerprint density at radius 1 is 1.47 bits per heavy atom. The fourth-order valence-electron chi connectivity index (χ4n) is 1.35. The second kappa shape index (κ2) is 6.96. The van der Waals surface area contributed by atoms with Gasteiger partial charge in [0.1, 0.15) is 5.84 Å². The first-order chi connectivity index (χ1) is 8.12. The summed E-state index contributed by atoms with van der Waals surface area (Å²) in [5.41, 5.74) is 7.09. The summed E-state index contributed by atoms with van der Waals surface area (Å²) in [5, 5.41) is 0. The molecule has 94 valence electrons. The van der Waals surface area contributed by atoms with Gasteiger partial charge in [-0.1, -0.05) is 15.9 Å².